The van der Waals surface area contributed by atoms with Gasteiger partial charge in [0.1, 0.15) is 17.1 Å². The molecule has 0 aliphatic heterocycles. The zero-order valence-corrected chi connectivity index (χ0v) is 11.9. The number of phenolic OH excluding ortho intramolecular Hbond substituents is 1. The van der Waals surface area contributed by atoms with E-state index in [0.29, 0.717) is 17.8 Å². The Morgan fingerprint density at radius 1 is 1.10 bits per heavy atom. The lowest BCUT2D eigenvalue weighted by Crippen LogP contribution is -2.02. The minimum absolute atomic E-state index is 0.151. The number of phenols is 2. The normalized spacial score (nSPS) is 10.2. The van der Waals surface area contributed by atoms with Crippen molar-refractivity contribution >= 4 is 27.6 Å². The summed E-state index contributed by atoms with van der Waals surface area (Å²) in [7, 11) is 0. The summed E-state index contributed by atoms with van der Waals surface area (Å²) >= 11 is 3.31. The zero-order chi connectivity index (χ0) is 14.7. The highest BCUT2D eigenvalue weighted by atomic mass is 79.9. The van der Waals surface area contributed by atoms with Crippen LogP contribution < -0.4 is 5.32 Å². The highest BCUT2D eigenvalue weighted by Crippen LogP contribution is 2.25. The SMILES string of the molecule is O=C(O)c1cc(NCc2cc(Br)ccc2O)ccc1O. The molecule has 0 amide bonds. The number of rotatable bonds is 4. The molecule has 0 radical (unpaired) electrons. The van der Waals surface area contributed by atoms with Gasteiger partial charge in [-0.15, -0.1) is 0 Å². The van der Waals surface area contributed by atoms with Crippen LogP contribution in [0, 0.1) is 0 Å². The summed E-state index contributed by atoms with van der Waals surface area (Å²) in [6, 6.07) is 9.28. The first kappa shape index (κ1) is 14.2. The number of nitrogens with one attached hydrogen (secondary N) is 1. The Balaban J connectivity index is 2.17. The molecular weight excluding hydrogens is 326 g/mol. The molecule has 0 spiro atoms. The molecule has 0 fully saturated rings. The molecule has 0 aliphatic rings. The van der Waals surface area contributed by atoms with Crippen LogP contribution in [0.15, 0.2) is 40.9 Å². The smallest absolute Gasteiger partial charge is 0.339 e. The third kappa shape index (κ3) is 3.21. The Labute approximate surface area is 123 Å². The van der Waals surface area contributed by atoms with Crippen LogP contribution in [0.1, 0.15) is 15.9 Å². The van der Waals surface area contributed by atoms with E-state index in [1.165, 1.54) is 12.1 Å². The number of hydrogen-bond acceptors (Lipinski definition) is 4. The predicted octanol–water partition coefficient (Wildman–Crippen LogP) is 3.17. The van der Waals surface area contributed by atoms with E-state index in [0.717, 1.165) is 4.47 Å². The van der Waals surface area contributed by atoms with E-state index in [-0.39, 0.29) is 17.1 Å². The number of carboxylic acid groups (broad SMARTS) is 1. The van der Waals surface area contributed by atoms with Crippen LogP contribution in [0.5, 0.6) is 11.5 Å². The highest BCUT2D eigenvalue weighted by Gasteiger charge is 2.10. The van der Waals surface area contributed by atoms with Gasteiger partial charge in [-0.25, -0.2) is 4.79 Å². The number of carbonyl (C=O) groups is 1. The van der Waals surface area contributed by atoms with Gasteiger partial charge in [-0.05, 0) is 36.4 Å². The molecule has 6 heteroatoms. The van der Waals surface area contributed by atoms with Gasteiger partial charge < -0.3 is 20.6 Å². The first-order valence-corrected chi connectivity index (χ1v) is 6.54. The van der Waals surface area contributed by atoms with Gasteiger partial charge in [0.15, 0.2) is 0 Å². The first-order chi connectivity index (χ1) is 9.47. The standard InChI is InChI=1S/C14H12BrNO4/c15-9-1-3-12(17)8(5-9)7-16-10-2-4-13(18)11(6-10)14(19)20/h1-6,16-18H,7H2,(H,19,20). The third-order valence-electron chi connectivity index (χ3n) is 2.75. The van der Waals surface area contributed by atoms with Crippen molar-refractivity contribution in [3.8, 4) is 11.5 Å². The van der Waals surface area contributed by atoms with Crippen molar-refractivity contribution in [2.75, 3.05) is 5.32 Å². The quantitative estimate of drug-likeness (QED) is 0.643. The summed E-state index contributed by atoms with van der Waals surface area (Å²) < 4.78 is 0.837. The van der Waals surface area contributed by atoms with Gasteiger partial charge in [-0.1, -0.05) is 15.9 Å². The molecule has 0 saturated heterocycles. The molecule has 0 bridgehead atoms. The maximum absolute atomic E-state index is 10.9. The molecule has 4 N–H and O–H groups in total. The average molecular weight is 338 g/mol. The Morgan fingerprint density at radius 2 is 1.80 bits per heavy atom. The van der Waals surface area contributed by atoms with Crippen LogP contribution in [0.3, 0.4) is 0 Å². The first-order valence-electron chi connectivity index (χ1n) is 5.75. The molecule has 2 rings (SSSR count). The molecule has 0 saturated carbocycles. The monoisotopic (exact) mass is 337 g/mol. The lowest BCUT2D eigenvalue weighted by Gasteiger charge is -2.10. The molecule has 2 aromatic rings. The molecular formula is C14H12BrNO4. The number of halogens is 1. The van der Waals surface area contributed by atoms with Crippen LogP contribution in [0.25, 0.3) is 0 Å². The summed E-state index contributed by atoms with van der Waals surface area (Å²) in [5.74, 6) is -1.33. The van der Waals surface area contributed by atoms with Crippen molar-refractivity contribution in [1.29, 1.82) is 0 Å². The minimum Gasteiger partial charge on any atom is -0.508 e. The maximum atomic E-state index is 10.9. The summed E-state index contributed by atoms with van der Waals surface area (Å²) in [6.45, 7) is 0.328. The Kier molecular flexibility index (Phi) is 4.14. The number of benzene rings is 2. The second kappa shape index (κ2) is 5.83. The maximum Gasteiger partial charge on any atom is 0.339 e. The number of hydrogen-bond donors (Lipinski definition) is 4. The number of anilines is 1. The number of aromatic carboxylic acids is 1. The van der Waals surface area contributed by atoms with E-state index in [2.05, 4.69) is 21.2 Å². The largest absolute Gasteiger partial charge is 0.508 e. The van der Waals surface area contributed by atoms with Crippen LogP contribution in [-0.4, -0.2) is 21.3 Å². The molecule has 104 valence electrons. The van der Waals surface area contributed by atoms with Gasteiger partial charge >= 0.3 is 5.97 Å². The average Bonchev–Trinajstić information content (AvgIpc) is 2.41. The molecule has 20 heavy (non-hydrogen) atoms. The lowest BCUT2D eigenvalue weighted by molar-refractivity contribution is 0.0694. The predicted molar refractivity (Wildman–Crippen MR) is 78.2 cm³/mol. The van der Waals surface area contributed by atoms with Gasteiger partial charge in [0, 0.05) is 22.3 Å². The van der Waals surface area contributed by atoms with Crippen LogP contribution in [0.2, 0.25) is 0 Å². The van der Waals surface area contributed by atoms with E-state index in [1.807, 2.05) is 0 Å². The zero-order valence-electron chi connectivity index (χ0n) is 10.3. The van der Waals surface area contributed by atoms with E-state index in [1.54, 1.807) is 24.3 Å². The molecule has 0 aliphatic carbocycles. The van der Waals surface area contributed by atoms with Gasteiger partial charge in [0.05, 0.1) is 0 Å². The lowest BCUT2D eigenvalue weighted by atomic mass is 10.1. The van der Waals surface area contributed by atoms with Gasteiger partial charge in [-0.2, -0.15) is 0 Å². The Hall–Kier alpha value is -2.21. The fourth-order valence-electron chi connectivity index (χ4n) is 1.71. The fraction of sp³-hybridized carbons (Fsp3) is 0.0714. The minimum atomic E-state index is -1.20. The van der Waals surface area contributed by atoms with Crippen LogP contribution in [0.4, 0.5) is 5.69 Å². The van der Waals surface area contributed by atoms with E-state index < -0.39 is 5.97 Å². The van der Waals surface area contributed by atoms with Gasteiger partial charge in [-0.3, -0.25) is 0 Å². The Bertz CT molecular complexity index is 658. The summed E-state index contributed by atoms with van der Waals surface area (Å²) in [5, 5.41) is 31.0. The number of carboxylic acids is 1. The van der Waals surface area contributed by atoms with Crippen molar-refractivity contribution in [2.24, 2.45) is 0 Å². The fourth-order valence-corrected chi connectivity index (χ4v) is 2.12. The second-order valence-corrected chi connectivity index (χ2v) is 5.08. The molecule has 0 unspecified atom stereocenters. The van der Waals surface area contributed by atoms with Crippen molar-refractivity contribution in [1.82, 2.24) is 0 Å². The van der Waals surface area contributed by atoms with Crippen molar-refractivity contribution < 1.29 is 20.1 Å². The van der Waals surface area contributed by atoms with Gasteiger partial charge in [0.25, 0.3) is 0 Å². The van der Waals surface area contributed by atoms with E-state index >= 15 is 0 Å². The Morgan fingerprint density at radius 3 is 2.50 bits per heavy atom. The van der Waals surface area contributed by atoms with Crippen LogP contribution in [-0.2, 0) is 6.54 Å². The summed E-state index contributed by atoms with van der Waals surface area (Å²) in [4.78, 5) is 10.9. The van der Waals surface area contributed by atoms with E-state index in [4.69, 9.17) is 5.11 Å². The third-order valence-corrected chi connectivity index (χ3v) is 3.24. The molecule has 0 aromatic heterocycles. The molecule has 2 aromatic carbocycles. The van der Waals surface area contributed by atoms with Crippen LogP contribution >= 0.6 is 15.9 Å². The number of aromatic hydroxyl groups is 2. The molecule has 5 nitrogen and oxygen atoms in total. The van der Waals surface area contributed by atoms with Crippen molar-refractivity contribution in [2.45, 2.75) is 6.54 Å². The summed E-state index contributed by atoms with van der Waals surface area (Å²) in [5.41, 5.74) is 1.04. The van der Waals surface area contributed by atoms with Gasteiger partial charge in [0.2, 0.25) is 0 Å². The molecule has 0 heterocycles. The van der Waals surface area contributed by atoms with Crippen molar-refractivity contribution in [3.63, 3.8) is 0 Å². The molecule has 0 atom stereocenters. The summed E-state index contributed by atoms with van der Waals surface area (Å²) in [6.07, 6.45) is 0. The van der Waals surface area contributed by atoms with E-state index in [9.17, 15) is 15.0 Å². The second-order valence-electron chi connectivity index (χ2n) is 4.16. The highest BCUT2D eigenvalue weighted by molar-refractivity contribution is 9.10. The topological polar surface area (TPSA) is 89.8 Å². The van der Waals surface area contributed by atoms with Crippen molar-refractivity contribution in [3.05, 3.63) is 52.0 Å².